The normalized spacial score (nSPS) is 37.8. The van der Waals surface area contributed by atoms with Crippen LogP contribution in [0.4, 0.5) is 0 Å². The Labute approximate surface area is 86.0 Å². The first-order chi connectivity index (χ1) is 6.62. The predicted octanol–water partition coefficient (Wildman–Crippen LogP) is 0.796. The number of sulfone groups is 1. The molecule has 0 amide bonds. The van der Waals surface area contributed by atoms with Gasteiger partial charge >= 0.3 is 0 Å². The average molecular weight is 217 g/mol. The van der Waals surface area contributed by atoms with Gasteiger partial charge in [0, 0.05) is 0 Å². The molecule has 0 bridgehead atoms. The van der Waals surface area contributed by atoms with E-state index >= 15 is 0 Å². The van der Waals surface area contributed by atoms with Gasteiger partial charge in [-0.15, -0.1) is 0 Å². The van der Waals surface area contributed by atoms with E-state index in [1.54, 1.807) is 0 Å². The van der Waals surface area contributed by atoms with Crippen LogP contribution < -0.4 is 5.73 Å². The van der Waals surface area contributed by atoms with Crippen molar-refractivity contribution >= 4 is 9.84 Å². The molecule has 0 aromatic heterocycles. The lowest BCUT2D eigenvalue weighted by Gasteiger charge is -2.40. The van der Waals surface area contributed by atoms with Gasteiger partial charge in [0.1, 0.15) is 0 Å². The highest BCUT2D eigenvalue weighted by Crippen LogP contribution is 2.41. The van der Waals surface area contributed by atoms with Gasteiger partial charge in [-0.25, -0.2) is 8.42 Å². The van der Waals surface area contributed by atoms with E-state index in [0.717, 1.165) is 12.3 Å². The van der Waals surface area contributed by atoms with Crippen molar-refractivity contribution in [2.45, 2.75) is 25.7 Å². The van der Waals surface area contributed by atoms with Gasteiger partial charge in [-0.1, -0.05) is 19.3 Å². The van der Waals surface area contributed by atoms with Gasteiger partial charge in [0.15, 0.2) is 9.84 Å². The molecule has 2 fully saturated rings. The van der Waals surface area contributed by atoms with Crippen LogP contribution in [-0.4, -0.2) is 26.5 Å². The van der Waals surface area contributed by atoms with Crippen molar-refractivity contribution in [3.63, 3.8) is 0 Å². The second-order valence-corrected chi connectivity index (χ2v) is 6.98. The summed E-state index contributed by atoms with van der Waals surface area (Å²) in [5.41, 5.74) is 5.67. The second kappa shape index (κ2) is 3.81. The molecule has 0 aromatic rings. The molecule has 1 saturated carbocycles. The summed E-state index contributed by atoms with van der Waals surface area (Å²) in [7, 11) is -2.77. The van der Waals surface area contributed by atoms with Crippen molar-refractivity contribution in [3.05, 3.63) is 0 Å². The average Bonchev–Trinajstić information content (AvgIpc) is 2.04. The van der Waals surface area contributed by atoms with E-state index < -0.39 is 9.84 Å². The fourth-order valence-electron chi connectivity index (χ4n) is 2.82. The molecule has 1 aliphatic heterocycles. The fourth-order valence-corrected chi connectivity index (χ4v) is 4.65. The summed E-state index contributed by atoms with van der Waals surface area (Å²) in [6.45, 7) is 0.542. The molecule has 4 heteroatoms. The van der Waals surface area contributed by atoms with E-state index in [9.17, 15) is 8.42 Å². The summed E-state index contributed by atoms with van der Waals surface area (Å²) in [5, 5.41) is 0. The van der Waals surface area contributed by atoms with Gasteiger partial charge < -0.3 is 5.73 Å². The first kappa shape index (κ1) is 10.4. The van der Waals surface area contributed by atoms with Gasteiger partial charge in [-0.3, -0.25) is 0 Å². The molecule has 0 spiro atoms. The minimum Gasteiger partial charge on any atom is -0.330 e. The Balaban J connectivity index is 2.04. The van der Waals surface area contributed by atoms with Crippen LogP contribution in [0.1, 0.15) is 25.7 Å². The first-order valence-electron chi connectivity index (χ1n) is 5.53. The summed E-state index contributed by atoms with van der Waals surface area (Å²) in [5.74, 6) is 2.34. The van der Waals surface area contributed by atoms with Crippen LogP contribution >= 0.6 is 0 Å². The zero-order chi connectivity index (χ0) is 10.2. The standard InChI is InChI=1S/C10H19NO2S/c11-6-9-7-14(12,13)5-4-10(9)8-2-1-3-8/h8-10H,1-7,11H2. The van der Waals surface area contributed by atoms with Crippen LogP contribution in [0.5, 0.6) is 0 Å². The van der Waals surface area contributed by atoms with Crippen molar-refractivity contribution in [1.82, 2.24) is 0 Å². The molecule has 2 aliphatic rings. The Morgan fingerprint density at radius 3 is 2.43 bits per heavy atom. The smallest absolute Gasteiger partial charge is 0.150 e. The minimum atomic E-state index is -2.77. The highest BCUT2D eigenvalue weighted by atomic mass is 32.2. The summed E-state index contributed by atoms with van der Waals surface area (Å²) < 4.78 is 22.9. The van der Waals surface area contributed by atoms with Crippen molar-refractivity contribution in [3.8, 4) is 0 Å². The summed E-state index contributed by atoms with van der Waals surface area (Å²) in [6, 6.07) is 0. The molecule has 1 saturated heterocycles. The SMILES string of the molecule is NCC1CS(=O)(=O)CCC1C1CCC1. The largest absolute Gasteiger partial charge is 0.330 e. The lowest BCUT2D eigenvalue weighted by Crippen LogP contribution is -2.42. The molecule has 0 radical (unpaired) electrons. The lowest BCUT2D eigenvalue weighted by atomic mass is 9.70. The molecule has 2 unspecified atom stereocenters. The van der Waals surface area contributed by atoms with Crippen LogP contribution in [0.2, 0.25) is 0 Å². The molecule has 3 nitrogen and oxygen atoms in total. The maximum Gasteiger partial charge on any atom is 0.150 e. The summed E-state index contributed by atoms with van der Waals surface area (Å²) in [4.78, 5) is 0. The second-order valence-electron chi connectivity index (χ2n) is 4.75. The zero-order valence-electron chi connectivity index (χ0n) is 8.48. The van der Waals surface area contributed by atoms with Crippen molar-refractivity contribution in [2.75, 3.05) is 18.1 Å². The molecular formula is C10H19NO2S. The molecule has 2 rings (SSSR count). The molecule has 0 aromatic carbocycles. The van der Waals surface area contributed by atoms with Gasteiger partial charge in [-0.2, -0.15) is 0 Å². The fraction of sp³-hybridized carbons (Fsp3) is 1.00. The van der Waals surface area contributed by atoms with Gasteiger partial charge in [0.2, 0.25) is 0 Å². The van der Waals surface area contributed by atoms with E-state index in [1.807, 2.05) is 0 Å². The van der Waals surface area contributed by atoms with E-state index in [4.69, 9.17) is 5.73 Å². The highest BCUT2D eigenvalue weighted by molar-refractivity contribution is 7.91. The highest BCUT2D eigenvalue weighted by Gasteiger charge is 2.38. The van der Waals surface area contributed by atoms with Crippen LogP contribution in [0.3, 0.4) is 0 Å². The predicted molar refractivity (Wildman–Crippen MR) is 56.6 cm³/mol. The Hall–Kier alpha value is -0.0900. The van der Waals surface area contributed by atoms with E-state index in [0.29, 0.717) is 24.0 Å². The molecule has 1 aliphatic carbocycles. The van der Waals surface area contributed by atoms with Crippen LogP contribution in [0.25, 0.3) is 0 Å². The number of rotatable bonds is 2. The molecular weight excluding hydrogens is 198 g/mol. The third kappa shape index (κ3) is 1.96. The number of hydrogen-bond acceptors (Lipinski definition) is 3. The van der Waals surface area contributed by atoms with E-state index in [2.05, 4.69) is 0 Å². The Bertz CT molecular complexity index is 295. The molecule has 82 valence electrons. The summed E-state index contributed by atoms with van der Waals surface area (Å²) >= 11 is 0. The van der Waals surface area contributed by atoms with E-state index in [-0.39, 0.29) is 5.92 Å². The quantitative estimate of drug-likeness (QED) is 0.744. The monoisotopic (exact) mass is 217 g/mol. The number of nitrogens with two attached hydrogens (primary N) is 1. The molecule has 2 atom stereocenters. The zero-order valence-corrected chi connectivity index (χ0v) is 9.30. The Kier molecular flexibility index (Phi) is 2.84. The first-order valence-corrected chi connectivity index (χ1v) is 7.35. The van der Waals surface area contributed by atoms with Crippen LogP contribution in [0, 0.1) is 17.8 Å². The Morgan fingerprint density at radius 1 is 1.21 bits per heavy atom. The molecule has 2 N–H and O–H groups in total. The van der Waals surface area contributed by atoms with Gasteiger partial charge in [-0.05, 0) is 30.7 Å². The van der Waals surface area contributed by atoms with Gasteiger partial charge in [0.25, 0.3) is 0 Å². The van der Waals surface area contributed by atoms with Crippen molar-refractivity contribution in [1.29, 1.82) is 0 Å². The minimum absolute atomic E-state index is 0.235. The lowest BCUT2D eigenvalue weighted by molar-refractivity contribution is 0.147. The van der Waals surface area contributed by atoms with Crippen molar-refractivity contribution in [2.24, 2.45) is 23.5 Å². The van der Waals surface area contributed by atoms with Crippen LogP contribution in [0.15, 0.2) is 0 Å². The number of hydrogen-bond donors (Lipinski definition) is 1. The summed E-state index contributed by atoms with van der Waals surface area (Å²) in [6.07, 6.45) is 4.77. The maximum absolute atomic E-state index is 11.4. The van der Waals surface area contributed by atoms with Crippen molar-refractivity contribution < 1.29 is 8.42 Å². The topological polar surface area (TPSA) is 60.2 Å². The maximum atomic E-state index is 11.4. The molecule has 1 heterocycles. The third-order valence-corrected chi connectivity index (χ3v) is 5.69. The van der Waals surface area contributed by atoms with E-state index in [1.165, 1.54) is 19.3 Å². The van der Waals surface area contributed by atoms with Gasteiger partial charge in [0.05, 0.1) is 11.5 Å². The third-order valence-electron chi connectivity index (χ3n) is 3.89. The van der Waals surface area contributed by atoms with Crippen LogP contribution in [-0.2, 0) is 9.84 Å². The Morgan fingerprint density at radius 2 is 1.93 bits per heavy atom. The molecule has 14 heavy (non-hydrogen) atoms.